The maximum absolute atomic E-state index is 7.11. The Balaban J connectivity index is 0.990. The lowest BCUT2D eigenvalue weighted by Crippen LogP contribution is -2.30. The van der Waals surface area contributed by atoms with Crippen LogP contribution < -0.4 is 19.3 Å². The van der Waals surface area contributed by atoms with E-state index >= 15 is 0 Å². The van der Waals surface area contributed by atoms with E-state index in [-0.39, 0.29) is 6.10 Å². The topological polar surface area (TPSA) is 24.9 Å². The number of nitrogens with zero attached hydrogens (tertiary/aromatic N) is 2. The predicted octanol–water partition coefficient (Wildman–Crippen LogP) is 15.7. The SMILES string of the molecule is C=C/C=C(\C=C)N(c1ccccc1)c1ccc2c(c1)Oc1ccc3c4c(ccc-2c14)OC1CC(N(c2cccc4ccccc24)c2cc4ccccc4c4ccccc24)=CC=C31. The lowest BCUT2D eigenvalue weighted by Gasteiger charge is -2.37. The van der Waals surface area contributed by atoms with Gasteiger partial charge in [-0.15, -0.1) is 0 Å². The van der Waals surface area contributed by atoms with Gasteiger partial charge in [-0.1, -0.05) is 135 Å². The molecule has 0 N–H and O–H groups in total. The summed E-state index contributed by atoms with van der Waals surface area (Å²) in [5.74, 6) is 2.50. The van der Waals surface area contributed by atoms with E-state index in [1.165, 1.54) is 49.2 Å². The normalized spacial score (nSPS) is 14.9. The van der Waals surface area contributed by atoms with Crippen LogP contribution in [0.3, 0.4) is 0 Å². The number of ether oxygens (including phenoxy) is 2. The average Bonchev–Trinajstić information content (AvgIpc) is 3.33. The van der Waals surface area contributed by atoms with Gasteiger partial charge in [0.1, 0.15) is 23.4 Å². The standard InChI is InChI=1S/C58H40N2O2/c1-3-15-39(4-2)59(40-19-6-5-7-20-40)41-26-28-47-49-30-33-54-58-50(31-32-53(57(49)58)61-55(47)35-41)48-29-27-42(36-56(48)62-54)60(51-25-14-18-37-16-8-11-22-44(37)51)52-34-38-17-9-10-21-43(38)45-23-12-13-24-46(45)52/h3-35,56H,1-2,36H2/b39-15+. The fourth-order valence-electron chi connectivity index (χ4n) is 9.95. The molecule has 12 rings (SSSR count). The molecule has 0 bridgehead atoms. The van der Waals surface area contributed by atoms with Crippen molar-refractivity contribution in [2.75, 3.05) is 9.80 Å². The number of rotatable bonds is 8. The maximum Gasteiger partial charge on any atom is 0.137 e. The van der Waals surface area contributed by atoms with E-state index in [1.807, 2.05) is 30.4 Å². The Hall–Kier alpha value is -8.08. The summed E-state index contributed by atoms with van der Waals surface area (Å²) in [7, 11) is 0. The third kappa shape index (κ3) is 5.54. The molecule has 62 heavy (non-hydrogen) atoms. The van der Waals surface area contributed by atoms with Crippen molar-refractivity contribution >= 4 is 71.4 Å². The molecule has 0 spiro atoms. The lowest BCUT2D eigenvalue weighted by molar-refractivity contribution is 0.256. The van der Waals surface area contributed by atoms with Gasteiger partial charge in [-0.2, -0.15) is 0 Å². The van der Waals surface area contributed by atoms with Gasteiger partial charge in [0.2, 0.25) is 0 Å². The summed E-state index contributed by atoms with van der Waals surface area (Å²) in [5.41, 5.74) is 10.9. The first kappa shape index (κ1) is 35.8. The average molecular weight is 797 g/mol. The van der Waals surface area contributed by atoms with Crippen molar-refractivity contribution in [3.05, 3.63) is 230 Å². The van der Waals surface area contributed by atoms with Crippen LogP contribution in [0.15, 0.2) is 225 Å². The van der Waals surface area contributed by atoms with E-state index in [4.69, 9.17) is 9.47 Å². The number of fused-ring (bicyclic) bond motifs is 8. The molecular formula is C58H40N2O2. The Morgan fingerprint density at radius 1 is 0.532 bits per heavy atom. The zero-order valence-corrected chi connectivity index (χ0v) is 34.0. The second kappa shape index (κ2) is 14.3. The van der Waals surface area contributed by atoms with Crippen molar-refractivity contribution in [1.82, 2.24) is 0 Å². The molecule has 4 heteroatoms. The first-order chi connectivity index (χ1) is 30.7. The second-order valence-electron chi connectivity index (χ2n) is 16.0. The molecule has 0 radical (unpaired) electrons. The number of anilines is 4. The summed E-state index contributed by atoms with van der Waals surface area (Å²) in [4.78, 5) is 4.65. The minimum Gasteiger partial charge on any atom is -0.485 e. The van der Waals surface area contributed by atoms with Gasteiger partial charge < -0.3 is 19.3 Å². The van der Waals surface area contributed by atoms with Crippen molar-refractivity contribution < 1.29 is 9.47 Å². The predicted molar refractivity (Wildman–Crippen MR) is 259 cm³/mol. The summed E-state index contributed by atoms with van der Waals surface area (Å²) in [6.07, 6.45) is 10.7. The summed E-state index contributed by atoms with van der Waals surface area (Å²) < 4.78 is 13.9. The Kier molecular flexibility index (Phi) is 8.26. The molecule has 4 nitrogen and oxygen atoms in total. The minimum atomic E-state index is -0.183. The molecule has 0 saturated heterocycles. The summed E-state index contributed by atoms with van der Waals surface area (Å²) >= 11 is 0. The third-order valence-electron chi connectivity index (χ3n) is 12.6. The van der Waals surface area contributed by atoms with Crippen molar-refractivity contribution in [3.8, 4) is 28.4 Å². The van der Waals surface area contributed by atoms with Gasteiger partial charge in [-0.25, -0.2) is 0 Å². The Morgan fingerprint density at radius 3 is 2.06 bits per heavy atom. The van der Waals surface area contributed by atoms with Gasteiger partial charge in [-0.3, -0.25) is 0 Å². The van der Waals surface area contributed by atoms with Crippen LogP contribution in [0.2, 0.25) is 0 Å². The van der Waals surface area contributed by atoms with Crippen LogP contribution in [0.25, 0.3) is 59.8 Å². The largest absolute Gasteiger partial charge is 0.485 e. The zero-order chi connectivity index (χ0) is 41.3. The molecular weight excluding hydrogens is 757 g/mol. The summed E-state index contributed by atoms with van der Waals surface area (Å²) in [6.45, 7) is 8.07. The Bertz CT molecular complexity index is 3440. The molecule has 0 aromatic heterocycles. The molecule has 0 fully saturated rings. The zero-order valence-electron chi connectivity index (χ0n) is 34.0. The first-order valence-electron chi connectivity index (χ1n) is 21.2. The molecule has 1 aliphatic carbocycles. The molecule has 3 aliphatic rings. The molecule has 294 valence electrons. The van der Waals surface area contributed by atoms with Crippen molar-refractivity contribution in [2.24, 2.45) is 0 Å². The first-order valence-corrected chi connectivity index (χ1v) is 21.2. The monoisotopic (exact) mass is 796 g/mol. The van der Waals surface area contributed by atoms with E-state index in [0.717, 1.165) is 67.6 Å². The van der Waals surface area contributed by atoms with Gasteiger partial charge in [0.05, 0.1) is 11.4 Å². The number of hydrogen-bond donors (Lipinski definition) is 0. The molecule has 0 amide bonds. The van der Waals surface area contributed by atoms with Crippen LogP contribution in [0.1, 0.15) is 12.0 Å². The summed E-state index contributed by atoms with van der Waals surface area (Å²) in [5, 5.41) is 9.48. The number of allylic oxidation sites excluding steroid dienone is 5. The van der Waals surface area contributed by atoms with Crippen LogP contribution >= 0.6 is 0 Å². The molecule has 0 saturated carbocycles. The number of para-hydroxylation sites is 1. The van der Waals surface area contributed by atoms with Gasteiger partial charge in [0, 0.05) is 67.9 Å². The highest BCUT2D eigenvalue weighted by molar-refractivity contribution is 6.16. The minimum absolute atomic E-state index is 0.183. The molecule has 2 heterocycles. The molecule has 9 aromatic carbocycles. The smallest absolute Gasteiger partial charge is 0.137 e. The highest BCUT2D eigenvalue weighted by Gasteiger charge is 2.35. The van der Waals surface area contributed by atoms with Crippen molar-refractivity contribution in [1.29, 1.82) is 0 Å². The highest BCUT2D eigenvalue weighted by atomic mass is 16.5. The van der Waals surface area contributed by atoms with Crippen molar-refractivity contribution in [3.63, 3.8) is 0 Å². The Morgan fingerprint density at radius 2 is 1.23 bits per heavy atom. The van der Waals surface area contributed by atoms with Gasteiger partial charge >= 0.3 is 0 Å². The lowest BCUT2D eigenvalue weighted by atomic mass is 9.84. The third-order valence-corrected chi connectivity index (χ3v) is 12.6. The summed E-state index contributed by atoms with van der Waals surface area (Å²) in [6, 6.07) is 60.6. The van der Waals surface area contributed by atoms with E-state index in [0.29, 0.717) is 6.42 Å². The van der Waals surface area contributed by atoms with E-state index in [2.05, 4.69) is 187 Å². The maximum atomic E-state index is 7.11. The van der Waals surface area contributed by atoms with Gasteiger partial charge in [-0.05, 0) is 105 Å². The molecule has 9 aromatic rings. The van der Waals surface area contributed by atoms with Crippen LogP contribution in [-0.2, 0) is 0 Å². The van der Waals surface area contributed by atoms with Crippen LogP contribution in [-0.4, -0.2) is 6.10 Å². The van der Waals surface area contributed by atoms with Crippen molar-refractivity contribution in [2.45, 2.75) is 12.5 Å². The van der Waals surface area contributed by atoms with E-state index in [1.54, 1.807) is 6.08 Å². The van der Waals surface area contributed by atoms with E-state index < -0.39 is 0 Å². The molecule has 1 atom stereocenters. The van der Waals surface area contributed by atoms with Crippen LogP contribution in [0.5, 0.6) is 17.2 Å². The van der Waals surface area contributed by atoms with Gasteiger partial charge in [0.15, 0.2) is 0 Å². The van der Waals surface area contributed by atoms with Crippen LogP contribution in [0, 0.1) is 0 Å². The fourth-order valence-corrected chi connectivity index (χ4v) is 9.95. The fraction of sp³-hybridized carbons (Fsp3) is 0.0345. The number of benzene rings is 9. The van der Waals surface area contributed by atoms with Gasteiger partial charge in [0.25, 0.3) is 0 Å². The van der Waals surface area contributed by atoms with Crippen LogP contribution in [0.4, 0.5) is 22.7 Å². The highest BCUT2D eigenvalue weighted by Crippen LogP contribution is 2.55. The molecule has 1 unspecified atom stereocenters. The number of hydrogen-bond acceptors (Lipinski definition) is 4. The molecule has 2 aliphatic heterocycles. The van der Waals surface area contributed by atoms with E-state index in [9.17, 15) is 0 Å². The Labute approximate surface area is 360 Å². The second-order valence-corrected chi connectivity index (χ2v) is 16.0. The quantitative estimate of drug-likeness (QED) is 0.113.